The summed E-state index contributed by atoms with van der Waals surface area (Å²) in [6.45, 7) is 0.343. The van der Waals surface area contributed by atoms with Gasteiger partial charge in [-0.25, -0.2) is 9.78 Å². The molecule has 0 spiro atoms. The maximum atomic E-state index is 14.0. The molecule has 2 saturated heterocycles. The van der Waals surface area contributed by atoms with Crippen molar-refractivity contribution in [1.82, 2.24) is 14.5 Å². The van der Waals surface area contributed by atoms with Crippen LogP contribution >= 0.6 is 0 Å². The van der Waals surface area contributed by atoms with Gasteiger partial charge in [0.25, 0.3) is 5.56 Å². The molecule has 3 unspecified atom stereocenters. The van der Waals surface area contributed by atoms with Gasteiger partial charge in [0.1, 0.15) is 6.61 Å². The van der Waals surface area contributed by atoms with Crippen LogP contribution in [-0.2, 0) is 14.4 Å². The van der Waals surface area contributed by atoms with E-state index in [0.717, 1.165) is 30.2 Å². The second-order valence-electron chi connectivity index (χ2n) is 12.0. The zero-order valence-electron chi connectivity index (χ0n) is 22.8. The third kappa shape index (κ3) is 5.23. The topological polar surface area (TPSA) is 106 Å². The molecule has 2 aliphatic carbocycles. The number of nitrogens with zero attached hydrogens (tertiary/aromatic N) is 4. The predicted octanol–water partition coefficient (Wildman–Crippen LogP) is 4.38. The number of hydrogen-bond acceptors (Lipinski definition) is 7. The Hall–Kier alpha value is -2.78. The van der Waals surface area contributed by atoms with Crippen LogP contribution in [0.15, 0.2) is 34.2 Å². The number of benzene rings is 1. The summed E-state index contributed by atoms with van der Waals surface area (Å²) in [5.74, 6) is 0.414. The van der Waals surface area contributed by atoms with E-state index in [0.29, 0.717) is 23.6 Å². The number of oxime groups is 1. The largest absolute Gasteiger partial charge is 0.476 e. The van der Waals surface area contributed by atoms with Crippen molar-refractivity contribution in [1.29, 1.82) is 0 Å². The van der Waals surface area contributed by atoms with Gasteiger partial charge < -0.3 is 19.2 Å². The minimum Gasteiger partial charge on any atom is -0.476 e. The number of rotatable bonds is 8. The lowest BCUT2D eigenvalue weighted by atomic mass is 9.76. The summed E-state index contributed by atoms with van der Waals surface area (Å²) in [7, 11) is 1.52. The molecule has 2 aromatic rings. The van der Waals surface area contributed by atoms with Crippen LogP contribution in [0.1, 0.15) is 82.4 Å². The fraction of sp³-hybridized carbons (Fsp3) is 0.667. The molecule has 4 bridgehead atoms. The Morgan fingerprint density at radius 1 is 0.949 bits per heavy atom. The Labute approximate surface area is 229 Å². The standard InChI is InChI=1S/C30H40N4O5/c1-38-12-13-39-32-28(30(36)37)27-29(35)34(26-9-5-4-8-25(26)31-27)24-17-21-10-11-22(18-24)33(21)23-15-19-6-2-3-7-20(14-19)16-23/h4-5,8-9,19-24H,2-3,6-7,10-18H2,1H3,(H,36,37)/b32-28-/t19?,20?,21-,22+,23?,24?. The molecule has 9 heteroatoms. The number of ether oxygens (including phenoxy) is 1. The molecule has 0 radical (unpaired) electrons. The molecular weight excluding hydrogens is 496 g/mol. The predicted molar refractivity (Wildman–Crippen MR) is 148 cm³/mol. The maximum Gasteiger partial charge on any atom is 0.360 e. The van der Waals surface area contributed by atoms with Crippen LogP contribution < -0.4 is 5.56 Å². The van der Waals surface area contributed by atoms with Gasteiger partial charge in [-0.1, -0.05) is 43.0 Å². The molecule has 39 heavy (non-hydrogen) atoms. The van der Waals surface area contributed by atoms with Crippen molar-refractivity contribution in [3.8, 4) is 0 Å². The van der Waals surface area contributed by atoms with Gasteiger partial charge >= 0.3 is 5.97 Å². The SMILES string of the molecule is COCCO/N=C(\C(=O)O)c1nc2ccccc2n(C2C[C@H]3CC[C@@H](C2)N3C2CC3CCCCC(C3)C2)c1=O. The molecule has 6 rings (SSSR count). The fourth-order valence-corrected chi connectivity index (χ4v) is 8.19. The highest BCUT2D eigenvalue weighted by atomic mass is 16.6. The van der Waals surface area contributed by atoms with Crippen LogP contribution in [0.3, 0.4) is 0 Å². The van der Waals surface area contributed by atoms with Crippen molar-refractivity contribution in [3.63, 3.8) is 0 Å². The Balaban J connectivity index is 1.32. The van der Waals surface area contributed by atoms with E-state index >= 15 is 0 Å². The van der Waals surface area contributed by atoms with Gasteiger partial charge in [-0.2, -0.15) is 0 Å². The Morgan fingerprint density at radius 2 is 1.64 bits per heavy atom. The van der Waals surface area contributed by atoms with E-state index in [-0.39, 0.29) is 24.9 Å². The molecule has 1 aromatic heterocycles. The number of carbonyl (C=O) groups is 1. The van der Waals surface area contributed by atoms with E-state index in [9.17, 15) is 14.7 Å². The zero-order valence-corrected chi connectivity index (χ0v) is 22.8. The summed E-state index contributed by atoms with van der Waals surface area (Å²) in [4.78, 5) is 38.6. The lowest BCUT2D eigenvalue weighted by molar-refractivity contribution is -0.129. The zero-order chi connectivity index (χ0) is 26.9. The average Bonchev–Trinajstić information content (AvgIpc) is 3.08. The van der Waals surface area contributed by atoms with E-state index < -0.39 is 17.2 Å². The Kier molecular flexibility index (Phi) is 7.71. The minimum atomic E-state index is -1.34. The highest BCUT2D eigenvalue weighted by Gasteiger charge is 2.47. The minimum absolute atomic E-state index is 0.00628. The van der Waals surface area contributed by atoms with Crippen LogP contribution in [0.25, 0.3) is 11.0 Å². The van der Waals surface area contributed by atoms with Gasteiger partial charge in [0, 0.05) is 31.3 Å². The number of carboxylic acids is 1. The summed E-state index contributed by atoms with van der Waals surface area (Å²) >= 11 is 0. The first-order chi connectivity index (χ1) is 19.0. The highest BCUT2D eigenvalue weighted by Crippen LogP contribution is 2.47. The molecule has 2 aliphatic heterocycles. The second kappa shape index (κ2) is 11.4. The van der Waals surface area contributed by atoms with E-state index in [2.05, 4.69) is 15.0 Å². The molecule has 0 amide bonds. The Bertz CT molecular complexity index is 1260. The molecule has 3 heterocycles. The van der Waals surface area contributed by atoms with Gasteiger partial charge in [-0.3, -0.25) is 9.69 Å². The van der Waals surface area contributed by atoms with Gasteiger partial charge in [0.15, 0.2) is 5.69 Å². The smallest absolute Gasteiger partial charge is 0.360 e. The van der Waals surface area contributed by atoms with Crippen LogP contribution in [0.5, 0.6) is 0 Å². The normalized spacial score (nSPS) is 31.3. The van der Waals surface area contributed by atoms with Crippen LogP contribution in [0, 0.1) is 11.8 Å². The number of fused-ring (bicyclic) bond motifs is 5. The first-order valence-electron chi connectivity index (χ1n) is 14.7. The van der Waals surface area contributed by atoms with E-state index in [1.807, 2.05) is 28.8 Å². The Morgan fingerprint density at radius 3 is 2.31 bits per heavy atom. The number of carboxylic acid groups (broad SMARTS) is 1. The quantitative estimate of drug-likeness (QED) is 0.303. The number of para-hydroxylation sites is 2. The molecule has 2 saturated carbocycles. The van der Waals surface area contributed by atoms with Crippen LogP contribution in [0.4, 0.5) is 0 Å². The third-order valence-electron chi connectivity index (χ3n) is 9.66. The molecule has 1 aromatic carbocycles. The van der Waals surface area contributed by atoms with Gasteiger partial charge in [-0.15, -0.1) is 0 Å². The number of aromatic nitrogens is 2. The molecule has 9 nitrogen and oxygen atoms in total. The van der Waals surface area contributed by atoms with Gasteiger partial charge in [0.05, 0.1) is 17.6 Å². The molecular formula is C30H40N4O5. The molecule has 4 aliphatic rings. The van der Waals surface area contributed by atoms with Crippen LogP contribution in [-0.4, -0.2) is 69.7 Å². The fourth-order valence-electron chi connectivity index (χ4n) is 8.19. The van der Waals surface area contributed by atoms with Gasteiger partial charge in [0.2, 0.25) is 5.71 Å². The number of piperidine rings is 1. The molecule has 5 atom stereocenters. The first kappa shape index (κ1) is 26.4. The van der Waals surface area contributed by atoms with Crippen molar-refractivity contribution in [2.45, 2.75) is 94.8 Å². The van der Waals surface area contributed by atoms with E-state index in [1.54, 1.807) is 0 Å². The van der Waals surface area contributed by atoms with Gasteiger partial charge in [-0.05, 0) is 68.9 Å². The third-order valence-corrected chi connectivity index (χ3v) is 9.66. The van der Waals surface area contributed by atoms with E-state index in [1.165, 1.54) is 64.9 Å². The number of aliphatic carboxylic acids is 1. The summed E-state index contributed by atoms with van der Waals surface area (Å²) < 4.78 is 6.76. The summed E-state index contributed by atoms with van der Waals surface area (Å²) in [5, 5.41) is 13.7. The lowest BCUT2D eigenvalue weighted by Crippen LogP contribution is -2.52. The first-order valence-corrected chi connectivity index (χ1v) is 14.7. The lowest BCUT2D eigenvalue weighted by Gasteiger charge is -2.48. The van der Waals surface area contributed by atoms with Crippen molar-refractivity contribution in [2.75, 3.05) is 20.3 Å². The summed E-state index contributed by atoms with van der Waals surface area (Å²) in [5.41, 5.74) is 0.277. The number of hydrogen-bond donors (Lipinski definition) is 1. The van der Waals surface area contributed by atoms with Crippen molar-refractivity contribution in [3.05, 3.63) is 40.3 Å². The van der Waals surface area contributed by atoms with E-state index in [4.69, 9.17) is 9.57 Å². The summed E-state index contributed by atoms with van der Waals surface area (Å²) in [6.07, 6.45) is 13.8. The molecule has 4 fully saturated rings. The maximum absolute atomic E-state index is 14.0. The van der Waals surface area contributed by atoms with Crippen molar-refractivity contribution in [2.24, 2.45) is 17.0 Å². The highest BCUT2D eigenvalue weighted by molar-refractivity contribution is 6.41. The monoisotopic (exact) mass is 536 g/mol. The second-order valence-corrected chi connectivity index (χ2v) is 12.0. The van der Waals surface area contributed by atoms with Crippen molar-refractivity contribution >= 4 is 22.7 Å². The van der Waals surface area contributed by atoms with Crippen LogP contribution in [0.2, 0.25) is 0 Å². The number of methoxy groups -OCH3 is 1. The average molecular weight is 537 g/mol. The molecule has 210 valence electrons. The molecule has 1 N–H and O–H groups in total. The van der Waals surface area contributed by atoms with Crippen molar-refractivity contribution < 1.29 is 19.5 Å². The summed E-state index contributed by atoms with van der Waals surface area (Å²) in [6, 6.07) is 9.10.